The molecule has 3 heteroatoms. The Hall–Kier alpha value is -0.570. The largest absolute Gasteiger partial charge is 0.328 e. The number of hydrogen-bond donors (Lipinski definition) is 1. The zero-order valence-electron chi connectivity index (χ0n) is 10.3. The lowest BCUT2D eigenvalue weighted by Crippen LogP contribution is -2.36. The van der Waals surface area contributed by atoms with Crippen LogP contribution in [0.5, 0.6) is 0 Å². The van der Waals surface area contributed by atoms with Crippen LogP contribution in [0.25, 0.3) is 0 Å². The van der Waals surface area contributed by atoms with E-state index in [9.17, 15) is 4.79 Å². The Kier molecular flexibility index (Phi) is 4.58. The van der Waals surface area contributed by atoms with Gasteiger partial charge in [-0.05, 0) is 11.8 Å². The summed E-state index contributed by atoms with van der Waals surface area (Å²) in [7, 11) is 0. The maximum atomic E-state index is 11.4. The number of rotatable bonds is 6. The molecule has 0 radical (unpaired) electrons. The summed E-state index contributed by atoms with van der Waals surface area (Å²) in [6.07, 6.45) is 5.06. The molecule has 0 bridgehead atoms. The summed E-state index contributed by atoms with van der Waals surface area (Å²) < 4.78 is 0. The van der Waals surface area contributed by atoms with Gasteiger partial charge >= 0.3 is 0 Å². The summed E-state index contributed by atoms with van der Waals surface area (Å²) in [6, 6.07) is 0. The van der Waals surface area contributed by atoms with Crippen LogP contribution in [0.3, 0.4) is 0 Å². The molecule has 0 atom stereocenters. The van der Waals surface area contributed by atoms with Crippen molar-refractivity contribution in [2.45, 2.75) is 46.5 Å². The molecule has 0 aromatic heterocycles. The van der Waals surface area contributed by atoms with E-state index in [0.29, 0.717) is 6.54 Å². The summed E-state index contributed by atoms with van der Waals surface area (Å²) in [6.45, 7) is 8.88. The van der Waals surface area contributed by atoms with Gasteiger partial charge in [-0.1, -0.05) is 40.0 Å². The smallest absolute Gasteiger partial charge is 0.237 e. The van der Waals surface area contributed by atoms with Crippen LogP contribution in [-0.2, 0) is 4.79 Å². The number of carbonyl (C=O) groups excluding carboxylic acids is 1. The Labute approximate surface area is 93.2 Å². The van der Waals surface area contributed by atoms with Crippen LogP contribution in [0.1, 0.15) is 46.5 Å². The van der Waals surface area contributed by atoms with E-state index in [2.05, 4.69) is 26.1 Å². The van der Waals surface area contributed by atoms with Crippen molar-refractivity contribution in [1.29, 1.82) is 0 Å². The Morgan fingerprint density at radius 3 is 2.67 bits per heavy atom. The van der Waals surface area contributed by atoms with Crippen LogP contribution >= 0.6 is 0 Å². The topological polar surface area (TPSA) is 32.3 Å². The first-order valence-electron chi connectivity index (χ1n) is 6.04. The highest BCUT2D eigenvalue weighted by atomic mass is 16.2. The minimum Gasteiger partial charge on any atom is -0.328 e. The van der Waals surface area contributed by atoms with Crippen LogP contribution in [0, 0.1) is 5.41 Å². The van der Waals surface area contributed by atoms with Crippen molar-refractivity contribution in [3.05, 3.63) is 0 Å². The van der Waals surface area contributed by atoms with Crippen molar-refractivity contribution >= 4 is 5.91 Å². The number of unbranched alkanes of at least 4 members (excludes halogenated alkanes) is 2. The van der Waals surface area contributed by atoms with E-state index in [0.717, 1.165) is 13.2 Å². The highest BCUT2D eigenvalue weighted by Crippen LogP contribution is 2.25. The normalized spacial score (nSPS) is 17.5. The van der Waals surface area contributed by atoms with Crippen molar-refractivity contribution in [3.63, 3.8) is 0 Å². The van der Waals surface area contributed by atoms with Crippen LogP contribution in [0.4, 0.5) is 0 Å². The van der Waals surface area contributed by atoms with Gasteiger partial charge in [0.05, 0.1) is 13.2 Å². The second kappa shape index (κ2) is 5.50. The van der Waals surface area contributed by atoms with Gasteiger partial charge in [-0.25, -0.2) is 0 Å². The van der Waals surface area contributed by atoms with Gasteiger partial charge in [-0.15, -0.1) is 0 Å². The van der Waals surface area contributed by atoms with Gasteiger partial charge in [0.2, 0.25) is 5.91 Å². The molecule has 1 aliphatic heterocycles. The van der Waals surface area contributed by atoms with Crippen molar-refractivity contribution in [1.82, 2.24) is 10.2 Å². The van der Waals surface area contributed by atoms with Gasteiger partial charge in [-0.3, -0.25) is 10.1 Å². The quantitative estimate of drug-likeness (QED) is 0.683. The summed E-state index contributed by atoms with van der Waals surface area (Å²) in [5, 5.41) is 3.09. The van der Waals surface area contributed by atoms with Crippen LogP contribution in [0.2, 0.25) is 0 Å². The summed E-state index contributed by atoms with van der Waals surface area (Å²) in [5.41, 5.74) is 0.261. The average molecular weight is 212 g/mol. The molecular formula is C12H24N2O. The fourth-order valence-corrected chi connectivity index (χ4v) is 2.09. The molecule has 1 rings (SSSR count). The predicted octanol–water partition coefficient (Wildman–Crippen LogP) is 1.98. The van der Waals surface area contributed by atoms with Gasteiger partial charge in [-0.2, -0.15) is 0 Å². The first kappa shape index (κ1) is 12.5. The average Bonchev–Trinajstić information content (AvgIpc) is 2.51. The molecule has 0 spiro atoms. The first-order valence-corrected chi connectivity index (χ1v) is 6.04. The zero-order chi connectivity index (χ0) is 11.3. The molecule has 1 N–H and O–H groups in total. The van der Waals surface area contributed by atoms with Crippen molar-refractivity contribution in [2.75, 3.05) is 19.8 Å². The molecule has 1 saturated heterocycles. The van der Waals surface area contributed by atoms with Gasteiger partial charge < -0.3 is 4.90 Å². The van der Waals surface area contributed by atoms with Gasteiger partial charge in [0.15, 0.2) is 0 Å². The van der Waals surface area contributed by atoms with E-state index in [-0.39, 0.29) is 11.3 Å². The second-order valence-corrected chi connectivity index (χ2v) is 5.30. The second-order valence-electron chi connectivity index (χ2n) is 5.30. The summed E-state index contributed by atoms with van der Waals surface area (Å²) in [4.78, 5) is 13.4. The van der Waals surface area contributed by atoms with Gasteiger partial charge in [0.25, 0.3) is 0 Å². The molecule has 1 aliphatic rings. The SMILES string of the molecule is CCCCCC(C)(C)CN1CNCC1=O. The van der Waals surface area contributed by atoms with E-state index < -0.39 is 0 Å². The summed E-state index contributed by atoms with van der Waals surface area (Å²) in [5.74, 6) is 0.249. The highest BCUT2D eigenvalue weighted by molar-refractivity contribution is 5.80. The lowest BCUT2D eigenvalue weighted by Gasteiger charge is -2.29. The number of carbonyl (C=O) groups is 1. The first-order chi connectivity index (χ1) is 7.05. The summed E-state index contributed by atoms with van der Waals surface area (Å²) >= 11 is 0. The lowest BCUT2D eigenvalue weighted by atomic mass is 9.86. The number of nitrogens with one attached hydrogen (secondary N) is 1. The van der Waals surface area contributed by atoms with Crippen molar-refractivity contribution in [3.8, 4) is 0 Å². The molecule has 0 unspecified atom stereocenters. The highest BCUT2D eigenvalue weighted by Gasteiger charge is 2.27. The number of nitrogens with zero attached hydrogens (tertiary/aromatic N) is 1. The molecular weight excluding hydrogens is 188 g/mol. The molecule has 0 saturated carbocycles. The predicted molar refractivity (Wildman–Crippen MR) is 62.5 cm³/mol. The molecule has 1 heterocycles. The van der Waals surface area contributed by atoms with Crippen molar-refractivity contribution < 1.29 is 4.79 Å². The van der Waals surface area contributed by atoms with Crippen LogP contribution in [-0.4, -0.2) is 30.6 Å². The fourth-order valence-electron chi connectivity index (χ4n) is 2.09. The molecule has 3 nitrogen and oxygen atoms in total. The monoisotopic (exact) mass is 212 g/mol. The zero-order valence-corrected chi connectivity index (χ0v) is 10.3. The number of amides is 1. The Morgan fingerprint density at radius 1 is 1.40 bits per heavy atom. The molecule has 1 amide bonds. The van der Waals surface area contributed by atoms with E-state index in [1.165, 1.54) is 25.7 Å². The standard InChI is InChI=1S/C12H24N2O/c1-4-5-6-7-12(2,3)9-14-10-13-8-11(14)15/h13H,4-10H2,1-3H3. The third-order valence-electron chi connectivity index (χ3n) is 3.01. The molecule has 15 heavy (non-hydrogen) atoms. The van der Waals surface area contributed by atoms with Gasteiger partial charge in [0.1, 0.15) is 0 Å². The number of hydrogen-bond acceptors (Lipinski definition) is 2. The molecule has 88 valence electrons. The van der Waals surface area contributed by atoms with Crippen molar-refractivity contribution in [2.24, 2.45) is 5.41 Å². The molecule has 0 aromatic carbocycles. The van der Waals surface area contributed by atoms with Crippen LogP contribution in [0.15, 0.2) is 0 Å². The minimum atomic E-state index is 0.249. The van der Waals surface area contributed by atoms with E-state index in [1.54, 1.807) is 0 Å². The minimum absolute atomic E-state index is 0.249. The molecule has 1 fully saturated rings. The maximum Gasteiger partial charge on any atom is 0.237 e. The Morgan fingerprint density at radius 2 is 2.13 bits per heavy atom. The lowest BCUT2D eigenvalue weighted by molar-refractivity contribution is -0.127. The van der Waals surface area contributed by atoms with E-state index >= 15 is 0 Å². The third kappa shape index (κ3) is 4.20. The third-order valence-corrected chi connectivity index (χ3v) is 3.01. The van der Waals surface area contributed by atoms with Gasteiger partial charge in [0, 0.05) is 6.54 Å². The van der Waals surface area contributed by atoms with Crippen LogP contribution < -0.4 is 5.32 Å². The van der Waals surface area contributed by atoms with E-state index in [4.69, 9.17) is 0 Å². The fraction of sp³-hybridized carbons (Fsp3) is 0.917. The Bertz CT molecular complexity index is 214. The Balaban J connectivity index is 2.30. The van der Waals surface area contributed by atoms with E-state index in [1.807, 2.05) is 4.90 Å². The molecule has 0 aliphatic carbocycles. The molecule has 0 aromatic rings. The maximum absolute atomic E-state index is 11.4.